The number of rotatable bonds is 3. The summed E-state index contributed by atoms with van der Waals surface area (Å²) in [7, 11) is 0. The van der Waals surface area contributed by atoms with Crippen LogP contribution in [0.2, 0.25) is 0 Å². The van der Waals surface area contributed by atoms with Gasteiger partial charge in [-0.2, -0.15) is 0 Å². The Morgan fingerprint density at radius 2 is 1.71 bits per heavy atom. The minimum Gasteiger partial charge on any atom is -0.478 e. The van der Waals surface area contributed by atoms with Crippen molar-refractivity contribution in [2.75, 3.05) is 0 Å². The van der Waals surface area contributed by atoms with Gasteiger partial charge in [-0.3, -0.25) is 4.79 Å². The van der Waals surface area contributed by atoms with Gasteiger partial charge in [0.05, 0.1) is 5.56 Å². The van der Waals surface area contributed by atoms with Crippen LogP contribution in [0, 0.1) is 6.92 Å². The second kappa shape index (κ2) is 4.90. The van der Waals surface area contributed by atoms with Gasteiger partial charge in [0.15, 0.2) is 5.78 Å². The van der Waals surface area contributed by atoms with E-state index in [-0.39, 0.29) is 11.3 Å². The summed E-state index contributed by atoms with van der Waals surface area (Å²) in [4.78, 5) is 26.8. The van der Waals surface area contributed by atoms with Crippen LogP contribution in [0.1, 0.15) is 32.0 Å². The van der Waals surface area contributed by atoms with Gasteiger partial charge in [0.2, 0.25) is 0 Å². The molecular formula is C17H13NO3. The molecule has 3 rings (SSSR count). The molecule has 0 radical (unpaired) electrons. The van der Waals surface area contributed by atoms with Crippen molar-refractivity contribution in [2.45, 2.75) is 6.92 Å². The van der Waals surface area contributed by atoms with E-state index in [1.54, 1.807) is 49.4 Å². The number of hydrogen-bond acceptors (Lipinski definition) is 2. The molecule has 104 valence electrons. The first-order valence-electron chi connectivity index (χ1n) is 6.53. The number of aromatic carboxylic acids is 1. The first-order chi connectivity index (χ1) is 10.1. The van der Waals surface area contributed by atoms with Crippen molar-refractivity contribution in [1.29, 1.82) is 0 Å². The number of benzene rings is 2. The fourth-order valence-corrected chi connectivity index (χ4v) is 2.50. The van der Waals surface area contributed by atoms with Crippen molar-refractivity contribution in [3.63, 3.8) is 0 Å². The minimum atomic E-state index is -0.997. The molecule has 0 aliphatic rings. The molecule has 2 aromatic carbocycles. The zero-order valence-electron chi connectivity index (χ0n) is 11.4. The van der Waals surface area contributed by atoms with Crippen LogP contribution in [0.3, 0.4) is 0 Å². The van der Waals surface area contributed by atoms with E-state index in [4.69, 9.17) is 0 Å². The number of aromatic amines is 1. The molecule has 0 aliphatic heterocycles. The Hall–Kier alpha value is -2.88. The van der Waals surface area contributed by atoms with E-state index in [0.717, 1.165) is 5.52 Å². The predicted octanol–water partition coefficient (Wildman–Crippen LogP) is 3.41. The van der Waals surface area contributed by atoms with Crippen LogP contribution in [-0.2, 0) is 0 Å². The fourth-order valence-electron chi connectivity index (χ4n) is 2.50. The lowest BCUT2D eigenvalue weighted by Gasteiger charge is -2.02. The number of carbonyl (C=O) groups excluding carboxylic acids is 1. The first-order valence-corrected chi connectivity index (χ1v) is 6.53. The maximum absolute atomic E-state index is 12.4. The van der Waals surface area contributed by atoms with Gasteiger partial charge in [0.25, 0.3) is 0 Å². The standard InChI is InChI=1S/C17H13NO3/c1-10-15(17(20)21)13-9-12(7-8-14(13)18-10)16(19)11-5-3-2-4-6-11/h2-9,18H,1H3,(H,20,21). The molecule has 21 heavy (non-hydrogen) atoms. The number of carboxylic acid groups (broad SMARTS) is 1. The van der Waals surface area contributed by atoms with Gasteiger partial charge in [-0.05, 0) is 25.1 Å². The Balaban J connectivity index is 2.15. The fraction of sp³-hybridized carbons (Fsp3) is 0.0588. The van der Waals surface area contributed by atoms with Gasteiger partial charge in [0, 0.05) is 27.7 Å². The van der Waals surface area contributed by atoms with Crippen LogP contribution < -0.4 is 0 Å². The van der Waals surface area contributed by atoms with Gasteiger partial charge in [-0.15, -0.1) is 0 Å². The van der Waals surface area contributed by atoms with Crippen LogP contribution in [0.4, 0.5) is 0 Å². The zero-order valence-corrected chi connectivity index (χ0v) is 11.4. The third-order valence-corrected chi connectivity index (χ3v) is 3.50. The van der Waals surface area contributed by atoms with Gasteiger partial charge in [-0.1, -0.05) is 30.3 Å². The maximum Gasteiger partial charge on any atom is 0.338 e. The number of aryl methyl sites for hydroxylation is 1. The number of carboxylic acids is 1. The molecule has 3 aromatic rings. The van der Waals surface area contributed by atoms with Gasteiger partial charge in [0.1, 0.15) is 0 Å². The number of nitrogens with one attached hydrogen (secondary N) is 1. The number of hydrogen-bond donors (Lipinski definition) is 2. The van der Waals surface area contributed by atoms with E-state index >= 15 is 0 Å². The number of carbonyl (C=O) groups is 2. The number of aromatic nitrogens is 1. The highest BCUT2D eigenvalue weighted by Crippen LogP contribution is 2.24. The normalized spacial score (nSPS) is 10.7. The summed E-state index contributed by atoms with van der Waals surface area (Å²) < 4.78 is 0. The van der Waals surface area contributed by atoms with Crippen molar-refractivity contribution in [2.24, 2.45) is 0 Å². The third kappa shape index (κ3) is 2.21. The zero-order chi connectivity index (χ0) is 15.0. The molecule has 0 saturated heterocycles. The van der Waals surface area contributed by atoms with Gasteiger partial charge < -0.3 is 10.1 Å². The van der Waals surface area contributed by atoms with Crippen molar-refractivity contribution in [3.8, 4) is 0 Å². The van der Waals surface area contributed by atoms with E-state index < -0.39 is 5.97 Å². The number of H-pyrrole nitrogens is 1. The van der Waals surface area contributed by atoms with Crippen LogP contribution in [-0.4, -0.2) is 21.8 Å². The molecule has 0 amide bonds. The Labute approximate surface area is 121 Å². The highest BCUT2D eigenvalue weighted by atomic mass is 16.4. The Morgan fingerprint density at radius 3 is 2.38 bits per heavy atom. The lowest BCUT2D eigenvalue weighted by molar-refractivity contribution is 0.0698. The number of fused-ring (bicyclic) bond motifs is 1. The van der Waals surface area contributed by atoms with Crippen molar-refractivity contribution in [1.82, 2.24) is 4.98 Å². The van der Waals surface area contributed by atoms with Crippen LogP contribution in [0.5, 0.6) is 0 Å². The minimum absolute atomic E-state index is 0.118. The van der Waals surface area contributed by atoms with E-state index in [1.165, 1.54) is 0 Å². The molecular weight excluding hydrogens is 266 g/mol. The molecule has 4 nitrogen and oxygen atoms in total. The van der Waals surface area contributed by atoms with Gasteiger partial charge in [-0.25, -0.2) is 4.79 Å². The molecule has 0 fully saturated rings. The maximum atomic E-state index is 12.4. The Bertz CT molecular complexity index is 847. The van der Waals surface area contributed by atoms with E-state index in [9.17, 15) is 14.7 Å². The largest absolute Gasteiger partial charge is 0.478 e. The van der Waals surface area contributed by atoms with Gasteiger partial charge >= 0.3 is 5.97 Å². The smallest absolute Gasteiger partial charge is 0.338 e. The lowest BCUT2D eigenvalue weighted by Crippen LogP contribution is -2.01. The highest BCUT2D eigenvalue weighted by Gasteiger charge is 2.17. The van der Waals surface area contributed by atoms with Crippen LogP contribution in [0.25, 0.3) is 10.9 Å². The predicted molar refractivity (Wildman–Crippen MR) is 79.9 cm³/mol. The second-order valence-corrected chi connectivity index (χ2v) is 4.89. The van der Waals surface area contributed by atoms with Crippen molar-refractivity contribution in [3.05, 3.63) is 70.9 Å². The van der Waals surface area contributed by atoms with Crippen LogP contribution in [0.15, 0.2) is 48.5 Å². The summed E-state index contributed by atoms with van der Waals surface area (Å²) >= 11 is 0. The summed E-state index contributed by atoms with van der Waals surface area (Å²) in [5.74, 6) is -1.12. The number of ketones is 1. The SMILES string of the molecule is Cc1[nH]c2ccc(C(=O)c3ccccc3)cc2c1C(=O)O. The average Bonchev–Trinajstić information content (AvgIpc) is 2.82. The van der Waals surface area contributed by atoms with Crippen molar-refractivity contribution >= 4 is 22.7 Å². The molecule has 1 aromatic heterocycles. The van der Waals surface area contributed by atoms with E-state index in [2.05, 4.69) is 4.98 Å². The molecule has 2 N–H and O–H groups in total. The summed E-state index contributed by atoms with van der Waals surface area (Å²) in [6.45, 7) is 1.71. The summed E-state index contributed by atoms with van der Waals surface area (Å²) in [6, 6.07) is 14.0. The molecule has 0 bridgehead atoms. The van der Waals surface area contributed by atoms with E-state index in [1.807, 2.05) is 6.07 Å². The topological polar surface area (TPSA) is 70.2 Å². The molecule has 1 heterocycles. The molecule has 0 spiro atoms. The quantitative estimate of drug-likeness (QED) is 0.722. The van der Waals surface area contributed by atoms with Crippen LogP contribution >= 0.6 is 0 Å². The molecule has 0 aliphatic carbocycles. The summed E-state index contributed by atoms with van der Waals surface area (Å²) in [5, 5.41) is 9.85. The Kier molecular flexibility index (Phi) is 3.06. The summed E-state index contributed by atoms with van der Waals surface area (Å²) in [6.07, 6.45) is 0. The third-order valence-electron chi connectivity index (χ3n) is 3.50. The average molecular weight is 279 g/mol. The van der Waals surface area contributed by atoms with Crippen molar-refractivity contribution < 1.29 is 14.7 Å². The molecule has 0 saturated carbocycles. The molecule has 4 heteroatoms. The first kappa shape index (κ1) is 13.1. The monoisotopic (exact) mass is 279 g/mol. The Morgan fingerprint density at radius 1 is 1.00 bits per heavy atom. The summed E-state index contributed by atoms with van der Waals surface area (Å²) in [5.41, 5.74) is 2.58. The second-order valence-electron chi connectivity index (χ2n) is 4.89. The lowest BCUT2D eigenvalue weighted by atomic mass is 10.0. The highest BCUT2D eigenvalue weighted by molar-refractivity contribution is 6.12. The van der Waals surface area contributed by atoms with E-state index in [0.29, 0.717) is 22.2 Å². The molecule has 0 unspecified atom stereocenters. The molecule has 0 atom stereocenters.